The van der Waals surface area contributed by atoms with E-state index < -0.39 is 0 Å². The summed E-state index contributed by atoms with van der Waals surface area (Å²) in [5.74, 6) is -0.115. The van der Waals surface area contributed by atoms with E-state index in [1.54, 1.807) is 24.4 Å². The summed E-state index contributed by atoms with van der Waals surface area (Å²) in [5, 5.41) is 8.34. The van der Waals surface area contributed by atoms with Gasteiger partial charge < -0.3 is 11.1 Å². The van der Waals surface area contributed by atoms with Crippen molar-refractivity contribution in [2.75, 3.05) is 12.3 Å². The number of carbonyl (C=O) groups is 1. The van der Waals surface area contributed by atoms with Gasteiger partial charge in [-0.2, -0.15) is 9.78 Å². The molecule has 0 atom stereocenters. The minimum absolute atomic E-state index is 0.171. The number of para-hydroxylation sites is 2. The van der Waals surface area contributed by atoms with Crippen molar-refractivity contribution in [3.63, 3.8) is 0 Å². The van der Waals surface area contributed by atoms with Crippen molar-refractivity contribution in [3.8, 4) is 0 Å². The van der Waals surface area contributed by atoms with E-state index in [-0.39, 0.29) is 17.3 Å². The fraction of sp³-hybridized carbons (Fsp3) is 0.280. The normalized spacial score (nSPS) is 11.6. The number of fused-ring (bicyclic) bond motifs is 2. The van der Waals surface area contributed by atoms with Crippen molar-refractivity contribution < 1.29 is 4.79 Å². The van der Waals surface area contributed by atoms with Gasteiger partial charge in [0, 0.05) is 6.54 Å². The van der Waals surface area contributed by atoms with Crippen molar-refractivity contribution in [1.29, 1.82) is 0 Å². The minimum atomic E-state index is -0.286. The molecule has 9 heteroatoms. The number of halogens is 2. The van der Waals surface area contributed by atoms with Crippen molar-refractivity contribution >= 4 is 63.3 Å². The molecule has 1 amide bonds. The zero-order chi connectivity index (χ0) is 24.1. The van der Waals surface area contributed by atoms with Crippen LogP contribution in [0.1, 0.15) is 54.9 Å². The maximum atomic E-state index is 13.1. The Balaban J connectivity index is 1.70. The Morgan fingerprint density at radius 3 is 2.53 bits per heavy atom. The molecule has 4 aromatic rings. The Morgan fingerprint density at radius 2 is 1.79 bits per heavy atom. The molecule has 0 spiro atoms. The summed E-state index contributed by atoms with van der Waals surface area (Å²) >= 11 is 12.1. The van der Waals surface area contributed by atoms with Crippen LogP contribution in [0.4, 0.5) is 5.82 Å². The number of aromatic nitrogens is 3. The molecule has 0 aliphatic rings. The van der Waals surface area contributed by atoms with Crippen molar-refractivity contribution in [3.05, 3.63) is 63.6 Å². The van der Waals surface area contributed by atoms with Gasteiger partial charge in [-0.15, -0.1) is 0 Å². The van der Waals surface area contributed by atoms with Crippen LogP contribution < -0.4 is 11.1 Å². The second-order valence-electron chi connectivity index (χ2n) is 8.04. The second kappa shape index (κ2) is 10.8. The Morgan fingerprint density at radius 1 is 1.06 bits per heavy atom. The van der Waals surface area contributed by atoms with Gasteiger partial charge in [0.05, 0.1) is 27.3 Å². The van der Waals surface area contributed by atoms with Gasteiger partial charge in [-0.25, -0.2) is 9.97 Å². The number of rotatable bonds is 9. The van der Waals surface area contributed by atoms with Crippen LogP contribution in [0.25, 0.3) is 22.2 Å². The van der Waals surface area contributed by atoms with Crippen LogP contribution in [0.15, 0.2) is 47.6 Å². The summed E-state index contributed by atoms with van der Waals surface area (Å²) in [7, 11) is 0. The van der Waals surface area contributed by atoms with E-state index in [9.17, 15) is 4.79 Å². The number of anilines is 1. The first-order chi connectivity index (χ1) is 16.5. The summed E-state index contributed by atoms with van der Waals surface area (Å²) in [4.78, 5) is 22.5. The molecule has 0 radical (unpaired) electrons. The van der Waals surface area contributed by atoms with Gasteiger partial charge >= 0.3 is 0 Å². The van der Waals surface area contributed by atoms with Crippen LogP contribution in [0.5, 0.6) is 0 Å². The fourth-order valence-corrected chi connectivity index (χ4v) is 4.03. The van der Waals surface area contributed by atoms with E-state index in [4.69, 9.17) is 38.9 Å². The zero-order valence-electron chi connectivity index (χ0n) is 18.9. The van der Waals surface area contributed by atoms with Crippen molar-refractivity contribution in [2.45, 2.75) is 39.0 Å². The lowest BCUT2D eigenvalue weighted by molar-refractivity contribution is 0.0955. The summed E-state index contributed by atoms with van der Waals surface area (Å²) in [6.45, 7) is 2.75. The van der Waals surface area contributed by atoms with Crippen LogP contribution in [-0.2, 0) is 0 Å². The lowest BCUT2D eigenvalue weighted by Gasteiger charge is -2.05. The third-order valence-electron chi connectivity index (χ3n) is 5.53. The number of hydrogen-bond acceptors (Lipinski definition) is 5. The topological polar surface area (TPSA) is 98.2 Å². The molecule has 7 nitrogen and oxygen atoms in total. The summed E-state index contributed by atoms with van der Waals surface area (Å²) in [5.41, 5.74) is 9.59. The molecule has 34 heavy (non-hydrogen) atoms. The van der Waals surface area contributed by atoms with Crippen molar-refractivity contribution in [1.82, 2.24) is 20.0 Å². The number of amides is 1. The smallest absolute Gasteiger partial charge is 0.257 e. The Bertz CT molecular complexity index is 1360. The molecule has 2 aromatic heterocycles. The van der Waals surface area contributed by atoms with E-state index >= 15 is 0 Å². The molecule has 176 valence electrons. The van der Waals surface area contributed by atoms with Gasteiger partial charge in [0.1, 0.15) is 16.9 Å². The van der Waals surface area contributed by atoms with Gasteiger partial charge in [0.2, 0.25) is 0 Å². The molecule has 0 aliphatic carbocycles. The standard InChI is InChI=1S/C25H26Cl2N6O/c1-2-3-4-5-8-13-29-25(34)21-22-24(32-20-10-7-6-9-19(20)31-22)33(23(21)28)30-15-16-11-12-17(26)18(27)14-16/h6-7,9-12,14-15H,2-5,8,13,28H2,1H3,(H,29,34)/b30-15-. The Kier molecular flexibility index (Phi) is 7.65. The van der Waals surface area contributed by atoms with E-state index in [0.29, 0.717) is 38.8 Å². The summed E-state index contributed by atoms with van der Waals surface area (Å²) in [6.07, 6.45) is 7.11. The maximum absolute atomic E-state index is 13.1. The molecule has 4 rings (SSSR count). The average molecular weight is 497 g/mol. The highest BCUT2D eigenvalue weighted by Gasteiger charge is 2.23. The van der Waals surface area contributed by atoms with Crippen LogP contribution in [0, 0.1) is 0 Å². The Labute approximate surface area is 208 Å². The maximum Gasteiger partial charge on any atom is 0.257 e. The van der Waals surface area contributed by atoms with Gasteiger partial charge in [0.15, 0.2) is 5.65 Å². The number of carbonyl (C=O) groups excluding carboxylic acids is 1. The molecular formula is C25H26Cl2N6O. The summed E-state index contributed by atoms with van der Waals surface area (Å²) in [6, 6.07) is 12.6. The number of unbranched alkanes of at least 4 members (excludes halogenated alkanes) is 4. The molecule has 0 aliphatic heterocycles. The van der Waals surface area contributed by atoms with E-state index in [2.05, 4.69) is 17.3 Å². The van der Waals surface area contributed by atoms with Crippen LogP contribution in [0.3, 0.4) is 0 Å². The number of nitrogens with one attached hydrogen (secondary N) is 1. The quantitative estimate of drug-likeness (QED) is 0.217. The number of nitrogens with two attached hydrogens (primary N) is 1. The lowest BCUT2D eigenvalue weighted by atomic mass is 10.1. The zero-order valence-corrected chi connectivity index (χ0v) is 20.4. The third-order valence-corrected chi connectivity index (χ3v) is 6.27. The van der Waals surface area contributed by atoms with Crippen LogP contribution in [-0.4, -0.2) is 33.3 Å². The minimum Gasteiger partial charge on any atom is -0.383 e. The number of benzene rings is 2. The highest BCUT2D eigenvalue weighted by atomic mass is 35.5. The first-order valence-corrected chi connectivity index (χ1v) is 12.1. The average Bonchev–Trinajstić information content (AvgIpc) is 3.10. The van der Waals surface area contributed by atoms with Gasteiger partial charge in [-0.1, -0.05) is 74.0 Å². The number of hydrogen-bond donors (Lipinski definition) is 2. The Hall–Kier alpha value is -3.16. The molecule has 0 fully saturated rings. The summed E-state index contributed by atoms with van der Waals surface area (Å²) < 4.78 is 1.44. The van der Waals surface area contributed by atoms with E-state index in [1.807, 2.05) is 24.3 Å². The SMILES string of the molecule is CCCCCCCNC(=O)c1c(N)n(/N=C\c2ccc(Cl)c(Cl)c2)c2nc3ccccc3nc12. The highest BCUT2D eigenvalue weighted by Crippen LogP contribution is 2.28. The first kappa shape index (κ1) is 24.0. The third kappa shape index (κ3) is 5.16. The number of nitrogens with zero attached hydrogens (tertiary/aromatic N) is 4. The molecule has 2 aromatic carbocycles. The van der Waals surface area contributed by atoms with Crippen LogP contribution >= 0.6 is 23.2 Å². The highest BCUT2D eigenvalue weighted by molar-refractivity contribution is 6.42. The molecule has 2 heterocycles. The lowest BCUT2D eigenvalue weighted by Crippen LogP contribution is -2.25. The van der Waals surface area contributed by atoms with E-state index in [0.717, 1.165) is 24.8 Å². The largest absolute Gasteiger partial charge is 0.383 e. The monoisotopic (exact) mass is 496 g/mol. The van der Waals surface area contributed by atoms with Gasteiger partial charge in [0.25, 0.3) is 5.91 Å². The molecule has 0 bridgehead atoms. The molecule has 0 unspecified atom stereocenters. The predicted octanol–water partition coefficient (Wildman–Crippen LogP) is 6.06. The molecule has 3 N–H and O–H groups in total. The first-order valence-electron chi connectivity index (χ1n) is 11.3. The van der Waals surface area contributed by atoms with Gasteiger partial charge in [-0.3, -0.25) is 4.79 Å². The van der Waals surface area contributed by atoms with Gasteiger partial charge in [-0.05, 0) is 36.2 Å². The number of nitrogen functional groups attached to an aromatic ring is 1. The van der Waals surface area contributed by atoms with Crippen molar-refractivity contribution in [2.24, 2.45) is 5.10 Å². The molecule has 0 saturated heterocycles. The van der Waals surface area contributed by atoms with Crippen LogP contribution in [0.2, 0.25) is 10.0 Å². The second-order valence-corrected chi connectivity index (χ2v) is 8.86. The fourth-order valence-electron chi connectivity index (χ4n) is 3.72. The molecular weight excluding hydrogens is 471 g/mol. The molecule has 0 saturated carbocycles. The predicted molar refractivity (Wildman–Crippen MR) is 140 cm³/mol. The van der Waals surface area contributed by atoms with E-state index in [1.165, 1.54) is 17.5 Å².